The molecule has 0 fully saturated rings. The van der Waals surface area contributed by atoms with Crippen LogP contribution >= 0.6 is 0 Å². The van der Waals surface area contributed by atoms with Gasteiger partial charge < -0.3 is 8.80 Å². The van der Waals surface area contributed by atoms with Gasteiger partial charge in [-0.1, -0.05) is 121 Å². The first kappa shape index (κ1) is 27.7. The number of fused-ring (bicyclic) bond motifs is 12. The third-order valence-electron chi connectivity index (χ3n) is 10.8. The molecule has 0 saturated carbocycles. The lowest BCUT2D eigenvalue weighted by molar-refractivity contribution is 0.955. The Labute approximate surface area is 296 Å². The third-order valence-corrected chi connectivity index (χ3v) is 10.8. The van der Waals surface area contributed by atoms with Crippen LogP contribution in [0.25, 0.3) is 105 Å². The summed E-state index contributed by atoms with van der Waals surface area (Å²) in [6.45, 7) is 2.10. The van der Waals surface area contributed by atoms with Gasteiger partial charge in [-0.15, -0.1) is 0 Å². The van der Waals surface area contributed by atoms with Gasteiger partial charge >= 0.3 is 0 Å². The minimum absolute atomic E-state index is 0.591. The molecule has 0 N–H and O–H groups in total. The van der Waals surface area contributed by atoms with Crippen LogP contribution in [-0.2, 0) is 0 Å². The Balaban J connectivity index is 1.33. The molecule has 0 amide bonds. The van der Waals surface area contributed by atoms with Gasteiger partial charge in [-0.25, -0.2) is 4.98 Å². The van der Waals surface area contributed by atoms with Crippen LogP contribution in [0.4, 0.5) is 0 Å². The monoisotopic (exact) mass is 664 g/mol. The highest BCUT2D eigenvalue weighted by Gasteiger charge is 2.26. The second kappa shape index (κ2) is 10.0. The molecule has 6 nitrogen and oxygen atoms in total. The fourth-order valence-electron chi connectivity index (χ4n) is 8.74. The number of hydrogen-bond donors (Lipinski definition) is 0. The summed E-state index contributed by atoms with van der Waals surface area (Å²) in [4.78, 5) is 15.6. The van der Waals surface area contributed by atoms with Crippen LogP contribution in [0.1, 0.15) is 5.56 Å². The quantitative estimate of drug-likeness (QED) is 0.177. The molecule has 0 unspecified atom stereocenters. The zero-order valence-corrected chi connectivity index (χ0v) is 28.1. The van der Waals surface area contributed by atoms with Gasteiger partial charge in [0.1, 0.15) is 0 Å². The first-order valence-corrected chi connectivity index (χ1v) is 17.6. The lowest BCUT2D eigenvalue weighted by Gasteiger charge is -2.14. The van der Waals surface area contributed by atoms with Crippen molar-refractivity contribution in [3.05, 3.63) is 157 Å². The summed E-state index contributed by atoms with van der Waals surface area (Å²) in [5.41, 5.74) is 12.3. The first-order valence-electron chi connectivity index (χ1n) is 17.6. The third kappa shape index (κ3) is 3.55. The van der Waals surface area contributed by atoms with Crippen LogP contribution in [0, 0.1) is 6.92 Å². The Morgan fingerprint density at radius 1 is 0.385 bits per heavy atom. The van der Waals surface area contributed by atoms with Crippen molar-refractivity contribution in [2.45, 2.75) is 6.92 Å². The molecule has 0 aliphatic carbocycles. The van der Waals surface area contributed by atoms with Crippen molar-refractivity contribution in [1.29, 1.82) is 0 Å². The van der Waals surface area contributed by atoms with E-state index in [0.29, 0.717) is 17.6 Å². The van der Waals surface area contributed by atoms with Crippen LogP contribution in [-0.4, -0.2) is 28.3 Å². The van der Waals surface area contributed by atoms with E-state index in [1.165, 1.54) is 54.6 Å². The minimum Gasteiger partial charge on any atom is -0.305 e. The number of hydrogen-bond acceptors (Lipinski definition) is 3. The fourth-order valence-corrected chi connectivity index (χ4v) is 8.74. The topological polar surface area (TPSA) is 52.4 Å². The molecule has 0 saturated heterocycles. The lowest BCUT2D eigenvalue weighted by Crippen LogP contribution is -2.06. The number of para-hydroxylation sites is 4. The summed E-state index contributed by atoms with van der Waals surface area (Å²) in [5, 5.41) is 7.19. The summed E-state index contributed by atoms with van der Waals surface area (Å²) < 4.78 is 7.24. The molecule has 0 aliphatic heterocycles. The zero-order valence-electron chi connectivity index (χ0n) is 28.1. The van der Waals surface area contributed by atoms with Gasteiger partial charge in [0.2, 0.25) is 5.95 Å². The van der Waals surface area contributed by atoms with Gasteiger partial charge in [-0.2, -0.15) is 9.97 Å². The van der Waals surface area contributed by atoms with Crippen molar-refractivity contribution in [2.24, 2.45) is 0 Å². The second-order valence-electron chi connectivity index (χ2n) is 13.8. The average molecular weight is 665 g/mol. The van der Waals surface area contributed by atoms with E-state index in [0.717, 1.165) is 38.5 Å². The number of rotatable bonds is 3. The lowest BCUT2D eigenvalue weighted by atomic mass is 10.1. The minimum atomic E-state index is 0.591. The molecule has 12 rings (SSSR count). The zero-order chi connectivity index (χ0) is 34.1. The number of nitrogens with zero attached hydrogens (tertiary/aromatic N) is 6. The van der Waals surface area contributed by atoms with Gasteiger partial charge in [-0.05, 0) is 43.3 Å². The van der Waals surface area contributed by atoms with E-state index in [-0.39, 0.29) is 0 Å². The molecule has 0 spiro atoms. The van der Waals surface area contributed by atoms with Gasteiger partial charge in [-0.3, -0.25) is 4.57 Å². The molecule has 242 valence electrons. The number of benzene rings is 7. The maximum absolute atomic E-state index is 5.29. The molecule has 12 aromatic rings. The SMILES string of the molecule is Cc1cccc(-c2nc(-c3ccccc3)nc(-n3c4ccccc4c4cc5c6c(c7ccccc7n6c6cccc7c8ccccc8n5c76)c43)n2)c1. The van der Waals surface area contributed by atoms with Gasteiger partial charge in [0.15, 0.2) is 11.6 Å². The highest BCUT2D eigenvalue weighted by molar-refractivity contribution is 6.31. The summed E-state index contributed by atoms with van der Waals surface area (Å²) in [6.07, 6.45) is 0. The Bertz CT molecular complexity index is 3420. The van der Waals surface area contributed by atoms with Crippen molar-refractivity contribution < 1.29 is 0 Å². The standard InChI is InChI=1S/C46H28N6/c1-27-13-11-16-29(25-27)45-47-44(28-14-3-2-4-15-28)48-46(49-45)52-36-22-9-6-18-31(36)34-26-39-43-40(42(34)52)33-19-7-10-23-37(33)50(43)38-24-12-20-32-30-17-5-8-21-35(30)51(39)41(32)38/h2-26H,1H3. The average Bonchev–Trinajstić information content (AvgIpc) is 3.84. The van der Waals surface area contributed by atoms with E-state index >= 15 is 0 Å². The van der Waals surface area contributed by atoms with Crippen LogP contribution in [0.2, 0.25) is 0 Å². The molecule has 52 heavy (non-hydrogen) atoms. The highest BCUT2D eigenvalue weighted by Crippen LogP contribution is 2.46. The largest absolute Gasteiger partial charge is 0.305 e. The molecular weight excluding hydrogens is 637 g/mol. The van der Waals surface area contributed by atoms with Crippen molar-refractivity contribution in [3.63, 3.8) is 0 Å². The van der Waals surface area contributed by atoms with Gasteiger partial charge in [0.05, 0.1) is 44.1 Å². The molecule has 0 radical (unpaired) electrons. The summed E-state index contributed by atoms with van der Waals surface area (Å²) in [7, 11) is 0. The van der Waals surface area contributed by atoms with E-state index < -0.39 is 0 Å². The molecule has 0 bridgehead atoms. The Kier molecular flexibility index (Phi) is 5.34. The Morgan fingerprint density at radius 3 is 1.75 bits per heavy atom. The summed E-state index contributed by atoms with van der Waals surface area (Å²) in [5.74, 6) is 1.87. The molecular formula is C46H28N6. The van der Waals surface area contributed by atoms with E-state index in [1.54, 1.807) is 0 Å². The van der Waals surface area contributed by atoms with Crippen LogP contribution in [0.5, 0.6) is 0 Å². The number of aromatic nitrogens is 6. The van der Waals surface area contributed by atoms with Crippen molar-refractivity contribution in [1.82, 2.24) is 28.3 Å². The molecule has 6 heteroatoms. The molecule has 0 aliphatic rings. The predicted octanol–water partition coefficient (Wildman–Crippen LogP) is 11.2. The van der Waals surface area contributed by atoms with Crippen LogP contribution in [0.15, 0.2) is 152 Å². The van der Waals surface area contributed by atoms with E-state index in [4.69, 9.17) is 15.0 Å². The van der Waals surface area contributed by atoms with Crippen molar-refractivity contribution in [2.75, 3.05) is 0 Å². The van der Waals surface area contributed by atoms with E-state index in [1.807, 2.05) is 18.2 Å². The fraction of sp³-hybridized carbons (Fsp3) is 0.0217. The van der Waals surface area contributed by atoms with Gasteiger partial charge in [0.25, 0.3) is 0 Å². The molecule has 0 atom stereocenters. The van der Waals surface area contributed by atoms with E-state index in [9.17, 15) is 0 Å². The smallest absolute Gasteiger partial charge is 0.238 e. The molecule has 5 heterocycles. The summed E-state index contributed by atoms with van der Waals surface area (Å²) >= 11 is 0. The van der Waals surface area contributed by atoms with E-state index in [2.05, 4.69) is 154 Å². The Morgan fingerprint density at radius 2 is 0.962 bits per heavy atom. The highest BCUT2D eigenvalue weighted by atomic mass is 15.2. The number of aryl methyl sites for hydroxylation is 1. The first-order chi connectivity index (χ1) is 25.7. The maximum atomic E-state index is 5.29. The molecule has 5 aromatic heterocycles. The maximum Gasteiger partial charge on any atom is 0.238 e. The Hall–Kier alpha value is -7.05. The predicted molar refractivity (Wildman–Crippen MR) is 213 cm³/mol. The van der Waals surface area contributed by atoms with Crippen LogP contribution in [0.3, 0.4) is 0 Å². The molecule has 7 aromatic carbocycles. The normalized spacial score (nSPS) is 12.3. The van der Waals surface area contributed by atoms with Gasteiger partial charge in [0, 0.05) is 43.4 Å². The summed E-state index contributed by atoms with van der Waals surface area (Å²) in [6, 6.07) is 54.0. The van der Waals surface area contributed by atoms with Crippen molar-refractivity contribution in [3.8, 4) is 28.7 Å². The van der Waals surface area contributed by atoms with Crippen LogP contribution < -0.4 is 0 Å². The second-order valence-corrected chi connectivity index (χ2v) is 13.8. The van der Waals surface area contributed by atoms with Crippen molar-refractivity contribution >= 4 is 76.5 Å².